The molecule has 198 valence electrons. The van der Waals surface area contributed by atoms with Crippen LogP contribution in [0.15, 0.2) is 35.7 Å². The SMILES string of the molecule is CN[C@@H](CC(=O)O)C(=O)NC(Cc1ccc(O)cc1)C(=O)NCC(=O)NC(/C=C/S(C)=O)CC(=O)O. The number of nitrogens with one attached hydrogen (secondary N) is 4. The summed E-state index contributed by atoms with van der Waals surface area (Å²) in [7, 11) is 0.0305. The zero-order valence-corrected chi connectivity index (χ0v) is 20.5. The average Bonchev–Trinajstić information content (AvgIpc) is 2.79. The lowest BCUT2D eigenvalue weighted by molar-refractivity contribution is -0.140. The largest absolute Gasteiger partial charge is 0.508 e. The van der Waals surface area contributed by atoms with Gasteiger partial charge in [0.2, 0.25) is 17.7 Å². The highest BCUT2D eigenvalue weighted by molar-refractivity contribution is 7.87. The van der Waals surface area contributed by atoms with E-state index in [2.05, 4.69) is 21.3 Å². The third-order valence-electron chi connectivity index (χ3n) is 4.72. The number of carbonyl (C=O) groups excluding carboxylic acids is 3. The van der Waals surface area contributed by atoms with Gasteiger partial charge in [-0.3, -0.25) is 28.2 Å². The lowest BCUT2D eigenvalue weighted by Crippen LogP contribution is -2.54. The molecule has 0 radical (unpaired) electrons. The molecule has 0 spiro atoms. The molecule has 1 rings (SSSR count). The van der Waals surface area contributed by atoms with Crippen LogP contribution in [0.2, 0.25) is 0 Å². The van der Waals surface area contributed by atoms with Gasteiger partial charge in [-0.2, -0.15) is 0 Å². The van der Waals surface area contributed by atoms with E-state index in [0.717, 1.165) is 0 Å². The van der Waals surface area contributed by atoms with Gasteiger partial charge in [0.25, 0.3) is 0 Å². The minimum Gasteiger partial charge on any atom is -0.508 e. The number of hydrogen-bond acceptors (Lipinski definition) is 8. The third kappa shape index (κ3) is 12.1. The number of carboxylic acid groups (broad SMARTS) is 2. The standard InChI is InChI=1S/C22H30N4O9S/c1-23-16(11-20(31)32)22(34)26-17(9-13-3-5-15(27)6-4-13)21(33)24-12-18(28)25-14(10-19(29)30)7-8-36(2)35/h3-8,14,16-17,23,27H,9-12H2,1-2H3,(H,24,33)(H,25,28)(H,26,34)(H,29,30)(H,31,32)/b8-7+/t14?,16-,17?,36?/m0/s1. The van der Waals surface area contributed by atoms with Gasteiger partial charge >= 0.3 is 11.9 Å². The first-order valence-electron chi connectivity index (χ1n) is 10.7. The monoisotopic (exact) mass is 526 g/mol. The number of benzene rings is 1. The van der Waals surface area contributed by atoms with Gasteiger partial charge in [0, 0.05) is 28.9 Å². The first-order chi connectivity index (χ1) is 16.9. The minimum atomic E-state index is -1.36. The summed E-state index contributed by atoms with van der Waals surface area (Å²) >= 11 is 0. The topological polar surface area (TPSA) is 211 Å². The number of aliphatic carboxylic acids is 2. The smallest absolute Gasteiger partial charge is 0.305 e. The number of rotatable bonds is 15. The van der Waals surface area contributed by atoms with Crippen LogP contribution in [0.5, 0.6) is 5.75 Å². The molecule has 0 heterocycles. The van der Waals surface area contributed by atoms with E-state index in [1.54, 1.807) is 0 Å². The van der Waals surface area contributed by atoms with E-state index >= 15 is 0 Å². The molecule has 1 aromatic rings. The van der Waals surface area contributed by atoms with Gasteiger partial charge in [0.05, 0.1) is 31.5 Å². The summed E-state index contributed by atoms with van der Waals surface area (Å²) in [5.41, 5.74) is 0.566. The Kier molecular flexibility index (Phi) is 12.8. The van der Waals surface area contributed by atoms with Crippen LogP contribution in [-0.2, 0) is 41.2 Å². The third-order valence-corrected chi connectivity index (χ3v) is 5.26. The predicted molar refractivity (Wildman–Crippen MR) is 129 cm³/mol. The van der Waals surface area contributed by atoms with Crippen LogP contribution in [0.25, 0.3) is 0 Å². The maximum atomic E-state index is 12.8. The van der Waals surface area contributed by atoms with Gasteiger partial charge in [-0.25, -0.2) is 0 Å². The van der Waals surface area contributed by atoms with E-state index < -0.39 is 78.0 Å². The maximum absolute atomic E-state index is 12.8. The number of phenolic OH excluding ortho intramolecular Hbond substituents is 1. The molecule has 3 amide bonds. The van der Waals surface area contributed by atoms with E-state index in [1.165, 1.54) is 49.1 Å². The van der Waals surface area contributed by atoms with Crippen LogP contribution in [0.4, 0.5) is 0 Å². The van der Waals surface area contributed by atoms with Crippen LogP contribution in [0.1, 0.15) is 18.4 Å². The molecule has 0 saturated carbocycles. The average molecular weight is 527 g/mol. The van der Waals surface area contributed by atoms with E-state index in [0.29, 0.717) is 5.56 Å². The summed E-state index contributed by atoms with van der Waals surface area (Å²) in [6.45, 7) is -0.551. The first-order valence-corrected chi connectivity index (χ1v) is 12.3. The first kappa shape index (κ1) is 30.3. The Balaban J connectivity index is 2.91. The molecule has 36 heavy (non-hydrogen) atoms. The Hall–Kier alpha value is -3.78. The molecule has 1 aromatic carbocycles. The molecule has 0 fully saturated rings. The Morgan fingerprint density at radius 2 is 1.56 bits per heavy atom. The molecule has 0 aliphatic heterocycles. The van der Waals surface area contributed by atoms with Crippen molar-refractivity contribution in [2.45, 2.75) is 37.4 Å². The fourth-order valence-electron chi connectivity index (χ4n) is 2.96. The van der Waals surface area contributed by atoms with Crippen LogP contribution < -0.4 is 21.3 Å². The number of phenols is 1. The molecule has 0 aliphatic rings. The Morgan fingerprint density at radius 1 is 0.944 bits per heavy atom. The molecule has 3 unspecified atom stereocenters. The van der Waals surface area contributed by atoms with E-state index in [9.17, 15) is 33.3 Å². The van der Waals surface area contributed by atoms with Crippen molar-refractivity contribution in [3.05, 3.63) is 41.3 Å². The lowest BCUT2D eigenvalue weighted by atomic mass is 10.0. The Bertz CT molecular complexity index is 998. The zero-order chi connectivity index (χ0) is 27.3. The fourth-order valence-corrected chi connectivity index (χ4v) is 3.37. The Labute approximate surface area is 209 Å². The number of likely N-dealkylation sites (N-methyl/N-ethyl adjacent to an activating group) is 1. The van der Waals surface area contributed by atoms with Gasteiger partial charge in [-0.1, -0.05) is 18.2 Å². The van der Waals surface area contributed by atoms with Crippen LogP contribution in [0.3, 0.4) is 0 Å². The van der Waals surface area contributed by atoms with E-state index in [-0.39, 0.29) is 12.2 Å². The van der Waals surface area contributed by atoms with Crippen molar-refractivity contribution in [3.63, 3.8) is 0 Å². The number of amides is 3. The van der Waals surface area contributed by atoms with Crippen LogP contribution in [-0.4, -0.2) is 87.2 Å². The van der Waals surface area contributed by atoms with Crippen molar-refractivity contribution in [2.24, 2.45) is 0 Å². The van der Waals surface area contributed by atoms with Crippen molar-refractivity contribution in [3.8, 4) is 5.75 Å². The molecule has 13 nitrogen and oxygen atoms in total. The lowest BCUT2D eigenvalue weighted by Gasteiger charge is -2.22. The van der Waals surface area contributed by atoms with Gasteiger partial charge in [0.1, 0.15) is 11.8 Å². The molecule has 14 heteroatoms. The van der Waals surface area contributed by atoms with E-state index in [1.807, 2.05) is 0 Å². The zero-order valence-electron chi connectivity index (χ0n) is 19.7. The summed E-state index contributed by atoms with van der Waals surface area (Å²) in [6.07, 6.45) is 1.61. The normalized spacial score (nSPS) is 14.3. The quantitative estimate of drug-likeness (QED) is 0.140. The predicted octanol–water partition coefficient (Wildman–Crippen LogP) is -1.55. The van der Waals surface area contributed by atoms with Crippen molar-refractivity contribution in [1.82, 2.24) is 21.3 Å². The van der Waals surface area contributed by atoms with E-state index in [4.69, 9.17) is 10.2 Å². The Morgan fingerprint density at radius 3 is 2.08 bits per heavy atom. The molecular weight excluding hydrogens is 496 g/mol. The number of hydrogen-bond donors (Lipinski definition) is 7. The molecule has 0 aromatic heterocycles. The highest BCUT2D eigenvalue weighted by Crippen LogP contribution is 2.12. The molecule has 7 N–H and O–H groups in total. The van der Waals surface area contributed by atoms with Crippen LogP contribution >= 0.6 is 0 Å². The summed E-state index contributed by atoms with van der Waals surface area (Å²) in [6, 6.07) is 2.56. The summed E-state index contributed by atoms with van der Waals surface area (Å²) in [4.78, 5) is 59.7. The molecule has 0 aliphatic carbocycles. The van der Waals surface area contributed by atoms with Crippen molar-refractivity contribution >= 4 is 40.5 Å². The highest BCUT2D eigenvalue weighted by atomic mass is 32.2. The second kappa shape index (κ2) is 15.3. The second-order valence-electron chi connectivity index (χ2n) is 7.69. The molecular formula is C22H30N4O9S. The van der Waals surface area contributed by atoms with Crippen LogP contribution in [0, 0.1) is 0 Å². The fraction of sp³-hybridized carbons (Fsp3) is 0.409. The summed E-state index contributed by atoms with van der Waals surface area (Å²) in [5, 5.41) is 38.4. The number of carbonyl (C=O) groups is 5. The number of aromatic hydroxyl groups is 1. The van der Waals surface area contributed by atoms with Crippen molar-refractivity contribution in [1.29, 1.82) is 0 Å². The van der Waals surface area contributed by atoms with Crippen molar-refractivity contribution < 1.29 is 43.5 Å². The summed E-state index contributed by atoms with van der Waals surface area (Å²) in [5.74, 6) is -4.66. The molecule has 0 bridgehead atoms. The number of carboxylic acids is 2. The maximum Gasteiger partial charge on any atom is 0.305 e. The second-order valence-corrected chi connectivity index (χ2v) is 8.96. The van der Waals surface area contributed by atoms with Gasteiger partial charge in [-0.15, -0.1) is 0 Å². The summed E-state index contributed by atoms with van der Waals surface area (Å²) < 4.78 is 11.2. The van der Waals surface area contributed by atoms with Gasteiger partial charge in [-0.05, 0) is 24.7 Å². The molecule has 4 atom stereocenters. The molecule has 0 saturated heterocycles. The minimum absolute atomic E-state index is 0.00552. The van der Waals surface area contributed by atoms with Gasteiger partial charge < -0.3 is 36.6 Å². The van der Waals surface area contributed by atoms with Gasteiger partial charge in [0.15, 0.2) is 0 Å². The highest BCUT2D eigenvalue weighted by Gasteiger charge is 2.27. The van der Waals surface area contributed by atoms with Crippen molar-refractivity contribution in [2.75, 3.05) is 19.8 Å².